The Morgan fingerprint density at radius 3 is 2.71 bits per heavy atom. The number of pyridine rings is 1. The molecule has 9 heteroatoms. The van der Waals surface area contributed by atoms with Crippen LogP contribution in [0, 0.1) is 6.92 Å². The molecular formula is C22H19ClN4O2S2. The van der Waals surface area contributed by atoms with Crippen LogP contribution in [0.2, 0.25) is 4.34 Å². The molecule has 1 amide bonds. The van der Waals surface area contributed by atoms with Gasteiger partial charge in [-0.15, -0.1) is 11.3 Å². The van der Waals surface area contributed by atoms with Crippen molar-refractivity contribution in [3.63, 3.8) is 0 Å². The fourth-order valence-electron chi connectivity index (χ4n) is 3.00. The number of halogens is 1. The van der Waals surface area contributed by atoms with E-state index >= 15 is 0 Å². The van der Waals surface area contributed by atoms with Gasteiger partial charge >= 0.3 is 0 Å². The third kappa shape index (κ3) is 4.81. The summed E-state index contributed by atoms with van der Waals surface area (Å²) in [7, 11) is 1.75. The molecule has 1 aromatic carbocycles. The van der Waals surface area contributed by atoms with Crippen LogP contribution in [0.1, 0.15) is 10.4 Å². The molecule has 6 nitrogen and oxygen atoms in total. The van der Waals surface area contributed by atoms with Crippen LogP contribution in [0.4, 0.5) is 0 Å². The first kappa shape index (κ1) is 21.5. The minimum Gasteiger partial charge on any atom is -0.340 e. The molecule has 0 aliphatic rings. The van der Waals surface area contributed by atoms with E-state index in [9.17, 15) is 9.59 Å². The number of hydrogen-bond donors (Lipinski definition) is 0. The number of aryl methyl sites for hydroxylation is 1. The van der Waals surface area contributed by atoms with Crippen LogP contribution in [-0.4, -0.2) is 38.1 Å². The minimum atomic E-state index is -0.210. The van der Waals surface area contributed by atoms with Crippen LogP contribution >= 0.6 is 34.7 Å². The van der Waals surface area contributed by atoms with Gasteiger partial charge in [0.15, 0.2) is 5.16 Å². The van der Waals surface area contributed by atoms with Crippen molar-refractivity contribution in [2.45, 2.75) is 18.6 Å². The number of fused-ring (bicyclic) bond motifs is 1. The highest BCUT2D eigenvalue weighted by molar-refractivity contribution is 7.99. The maximum absolute atomic E-state index is 13.2. The molecule has 0 unspecified atom stereocenters. The van der Waals surface area contributed by atoms with E-state index in [1.54, 1.807) is 42.4 Å². The fraction of sp³-hybridized carbons (Fsp3) is 0.182. The van der Waals surface area contributed by atoms with Crippen LogP contribution in [0.25, 0.3) is 16.7 Å². The van der Waals surface area contributed by atoms with Gasteiger partial charge in [-0.2, -0.15) is 0 Å². The van der Waals surface area contributed by atoms with Gasteiger partial charge in [0.1, 0.15) is 5.82 Å². The number of para-hydroxylation sites is 1. The second-order valence-corrected chi connectivity index (χ2v) is 9.73. The highest BCUT2D eigenvalue weighted by Gasteiger charge is 2.17. The third-order valence-corrected chi connectivity index (χ3v) is 6.78. The van der Waals surface area contributed by atoms with E-state index in [1.807, 2.05) is 31.2 Å². The Labute approximate surface area is 192 Å². The molecule has 0 radical (unpaired) electrons. The molecule has 0 spiro atoms. The van der Waals surface area contributed by atoms with Gasteiger partial charge in [-0.05, 0) is 42.8 Å². The summed E-state index contributed by atoms with van der Waals surface area (Å²) in [4.78, 5) is 37.6. The average Bonchev–Trinajstić information content (AvgIpc) is 3.17. The van der Waals surface area contributed by atoms with Crippen molar-refractivity contribution in [2.24, 2.45) is 0 Å². The summed E-state index contributed by atoms with van der Waals surface area (Å²) in [6.45, 7) is 2.41. The highest BCUT2D eigenvalue weighted by Crippen LogP contribution is 2.24. The summed E-state index contributed by atoms with van der Waals surface area (Å²) in [6, 6.07) is 14.6. The van der Waals surface area contributed by atoms with Gasteiger partial charge in [-0.25, -0.2) is 14.5 Å². The molecule has 4 aromatic rings. The SMILES string of the molecule is Cc1ccc(-n2c(SCC(=O)N(C)Cc3ccc(Cl)s3)nc3ccccc3c2=O)nc1. The maximum atomic E-state index is 13.2. The molecule has 31 heavy (non-hydrogen) atoms. The first-order chi connectivity index (χ1) is 14.9. The molecule has 3 aromatic heterocycles. The van der Waals surface area contributed by atoms with Crippen LogP contribution in [0.3, 0.4) is 0 Å². The van der Waals surface area contributed by atoms with E-state index in [2.05, 4.69) is 9.97 Å². The molecule has 0 N–H and O–H groups in total. The molecular weight excluding hydrogens is 452 g/mol. The van der Waals surface area contributed by atoms with Gasteiger partial charge in [0, 0.05) is 18.1 Å². The molecule has 0 aliphatic carbocycles. The number of rotatable bonds is 6. The van der Waals surface area contributed by atoms with Crippen LogP contribution in [0.5, 0.6) is 0 Å². The number of carbonyl (C=O) groups excluding carboxylic acids is 1. The largest absolute Gasteiger partial charge is 0.340 e. The number of amides is 1. The third-order valence-electron chi connectivity index (χ3n) is 4.64. The van der Waals surface area contributed by atoms with Gasteiger partial charge in [-0.3, -0.25) is 9.59 Å². The van der Waals surface area contributed by atoms with Crippen molar-refractivity contribution in [3.8, 4) is 5.82 Å². The number of carbonyl (C=O) groups is 1. The zero-order valence-corrected chi connectivity index (χ0v) is 19.3. The van der Waals surface area contributed by atoms with E-state index in [1.165, 1.54) is 27.7 Å². The molecule has 0 saturated heterocycles. The summed E-state index contributed by atoms with van der Waals surface area (Å²) in [6.07, 6.45) is 1.70. The number of thiophene rings is 1. The first-order valence-corrected chi connectivity index (χ1v) is 11.7. The summed E-state index contributed by atoms with van der Waals surface area (Å²) in [5.41, 5.74) is 1.37. The van der Waals surface area contributed by atoms with E-state index < -0.39 is 0 Å². The van der Waals surface area contributed by atoms with Crippen molar-refractivity contribution in [3.05, 3.63) is 79.9 Å². The highest BCUT2D eigenvalue weighted by atomic mass is 35.5. The molecule has 0 bridgehead atoms. The Hall–Kier alpha value is -2.68. The predicted molar refractivity (Wildman–Crippen MR) is 126 cm³/mol. The van der Waals surface area contributed by atoms with Crippen molar-refractivity contribution >= 4 is 51.5 Å². The number of benzene rings is 1. The predicted octanol–water partition coefficient (Wildman–Crippen LogP) is 4.55. The monoisotopic (exact) mass is 470 g/mol. The van der Waals surface area contributed by atoms with Gasteiger partial charge in [0.25, 0.3) is 5.56 Å². The lowest BCUT2D eigenvalue weighted by molar-refractivity contribution is -0.127. The molecule has 0 atom stereocenters. The summed E-state index contributed by atoms with van der Waals surface area (Å²) in [5.74, 6) is 0.553. The topological polar surface area (TPSA) is 68.1 Å². The van der Waals surface area contributed by atoms with Gasteiger partial charge in [-0.1, -0.05) is 41.6 Å². The Balaban J connectivity index is 1.63. The smallest absolute Gasteiger partial charge is 0.267 e. The minimum absolute atomic E-state index is 0.0691. The molecule has 158 valence electrons. The molecule has 0 aliphatic heterocycles. The Morgan fingerprint density at radius 1 is 1.19 bits per heavy atom. The van der Waals surface area contributed by atoms with Crippen LogP contribution in [-0.2, 0) is 11.3 Å². The van der Waals surface area contributed by atoms with Crippen LogP contribution < -0.4 is 5.56 Å². The summed E-state index contributed by atoms with van der Waals surface area (Å²) in [5, 5.41) is 0.938. The van der Waals surface area contributed by atoms with Crippen molar-refractivity contribution in [2.75, 3.05) is 12.8 Å². The maximum Gasteiger partial charge on any atom is 0.267 e. The Kier molecular flexibility index (Phi) is 6.41. The van der Waals surface area contributed by atoms with Crippen LogP contribution in [0.15, 0.2) is 64.7 Å². The van der Waals surface area contributed by atoms with Crippen molar-refractivity contribution in [1.29, 1.82) is 0 Å². The average molecular weight is 471 g/mol. The molecule has 3 heterocycles. The quantitative estimate of drug-likeness (QED) is 0.305. The molecule has 4 rings (SSSR count). The number of nitrogens with zero attached hydrogens (tertiary/aromatic N) is 4. The zero-order chi connectivity index (χ0) is 22.0. The lowest BCUT2D eigenvalue weighted by Crippen LogP contribution is -2.28. The fourth-order valence-corrected chi connectivity index (χ4v) is 5.08. The molecule has 0 saturated carbocycles. The number of aromatic nitrogens is 3. The van der Waals surface area contributed by atoms with E-state index in [4.69, 9.17) is 11.6 Å². The Bertz CT molecular complexity index is 1300. The van der Waals surface area contributed by atoms with Gasteiger partial charge in [0.05, 0.1) is 27.5 Å². The summed E-state index contributed by atoms with van der Waals surface area (Å²) >= 11 is 8.65. The van der Waals surface area contributed by atoms with E-state index in [0.29, 0.717) is 32.8 Å². The zero-order valence-electron chi connectivity index (χ0n) is 16.9. The van der Waals surface area contributed by atoms with E-state index in [-0.39, 0.29) is 17.2 Å². The number of thioether (sulfide) groups is 1. The van der Waals surface area contributed by atoms with Gasteiger partial charge < -0.3 is 4.90 Å². The molecule has 0 fully saturated rings. The second-order valence-electron chi connectivity index (χ2n) is 6.99. The summed E-state index contributed by atoms with van der Waals surface area (Å²) < 4.78 is 2.17. The standard InChI is InChI=1S/C22H19ClN4O2S2/c1-14-7-10-19(24-11-14)27-21(29)16-5-3-4-6-17(16)25-22(27)30-13-20(28)26(2)12-15-8-9-18(23)31-15/h3-11H,12-13H2,1-2H3. The Morgan fingerprint density at radius 2 is 2.00 bits per heavy atom. The second kappa shape index (κ2) is 9.21. The first-order valence-electron chi connectivity index (χ1n) is 9.48. The van der Waals surface area contributed by atoms with Crippen molar-refractivity contribution < 1.29 is 4.79 Å². The normalized spacial score (nSPS) is 11.1. The van der Waals surface area contributed by atoms with E-state index in [0.717, 1.165) is 10.4 Å². The number of hydrogen-bond acceptors (Lipinski definition) is 6. The van der Waals surface area contributed by atoms with Crippen molar-refractivity contribution in [1.82, 2.24) is 19.4 Å². The lowest BCUT2D eigenvalue weighted by Gasteiger charge is -2.17. The lowest BCUT2D eigenvalue weighted by atomic mass is 10.2. The van der Waals surface area contributed by atoms with Gasteiger partial charge in [0.2, 0.25) is 5.91 Å².